The number of nitrogens with zero attached hydrogens (tertiary/aromatic N) is 3. The highest BCUT2D eigenvalue weighted by atomic mass is 16.3. The fraction of sp³-hybridized carbons (Fsp3) is 0.579. The highest BCUT2D eigenvalue weighted by Gasteiger charge is 2.24. The second-order valence-corrected chi connectivity index (χ2v) is 6.92. The molecule has 1 aromatic carbocycles. The summed E-state index contributed by atoms with van der Waals surface area (Å²) in [5.74, 6) is 1.51. The van der Waals surface area contributed by atoms with Crippen molar-refractivity contribution in [3.63, 3.8) is 0 Å². The molecule has 1 N–H and O–H groups in total. The van der Waals surface area contributed by atoms with Gasteiger partial charge in [-0.25, -0.2) is 4.98 Å². The normalized spacial score (nSPS) is 17.1. The van der Waals surface area contributed by atoms with Crippen LogP contribution in [0.3, 0.4) is 0 Å². The van der Waals surface area contributed by atoms with Crippen LogP contribution in [0.15, 0.2) is 24.3 Å². The maximum Gasteiger partial charge on any atom is 0.242 e. The molecular weight excluding hydrogens is 302 g/mol. The second kappa shape index (κ2) is 7.34. The fourth-order valence-corrected chi connectivity index (χ4v) is 3.55. The number of hydrogen-bond donors (Lipinski definition) is 1. The summed E-state index contributed by atoms with van der Waals surface area (Å²) in [4.78, 5) is 19.1. The van der Waals surface area contributed by atoms with Crippen molar-refractivity contribution < 1.29 is 9.90 Å². The lowest BCUT2D eigenvalue weighted by molar-refractivity contribution is -0.133. The molecule has 1 amide bonds. The number of rotatable bonds is 5. The zero-order valence-electron chi connectivity index (χ0n) is 14.6. The molecular formula is C19H27N3O2. The summed E-state index contributed by atoms with van der Waals surface area (Å²) < 4.78 is 2.09. The predicted octanol–water partition coefficient (Wildman–Crippen LogP) is 2.92. The van der Waals surface area contributed by atoms with Crippen molar-refractivity contribution in [3.05, 3.63) is 30.1 Å². The van der Waals surface area contributed by atoms with Crippen LogP contribution >= 0.6 is 0 Å². The highest BCUT2D eigenvalue weighted by molar-refractivity contribution is 5.81. The molecule has 1 aliphatic rings. The third kappa shape index (κ3) is 3.31. The van der Waals surface area contributed by atoms with E-state index in [2.05, 4.69) is 4.57 Å². The zero-order valence-corrected chi connectivity index (χ0v) is 14.6. The van der Waals surface area contributed by atoms with E-state index in [-0.39, 0.29) is 25.1 Å². The number of amides is 1. The minimum absolute atomic E-state index is 0.0109. The zero-order chi connectivity index (χ0) is 17.1. The molecule has 1 aliphatic carbocycles. The van der Waals surface area contributed by atoms with Gasteiger partial charge in [0.25, 0.3) is 0 Å². The molecule has 1 unspecified atom stereocenters. The van der Waals surface area contributed by atoms with E-state index in [4.69, 9.17) is 4.98 Å². The van der Waals surface area contributed by atoms with Crippen molar-refractivity contribution in [3.8, 4) is 0 Å². The highest BCUT2D eigenvalue weighted by Crippen LogP contribution is 2.33. The van der Waals surface area contributed by atoms with E-state index in [9.17, 15) is 9.90 Å². The first-order valence-electron chi connectivity index (χ1n) is 8.93. The van der Waals surface area contributed by atoms with Gasteiger partial charge in [0.1, 0.15) is 12.4 Å². The van der Waals surface area contributed by atoms with E-state index in [1.807, 2.05) is 31.2 Å². The topological polar surface area (TPSA) is 58.4 Å². The summed E-state index contributed by atoms with van der Waals surface area (Å²) >= 11 is 0. The van der Waals surface area contributed by atoms with Gasteiger partial charge in [-0.1, -0.05) is 31.4 Å². The van der Waals surface area contributed by atoms with Crippen LogP contribution in [0.1, 0.15) is 50.8 Å². The SMILES string of the molecule is CC(CO)N(C)C(=O)Cn1c(C2CCCCC2)nc2ccccc21. The van der Waals surface area contributed by atoms with Gasteiger partial charge in [-0.05, 0) is 31.9 Å². The van der Waals surface area contributed by atoms with E-state index >= 15 is 0 Å². The molecule has 0 aliphatic heterocycles. The van der Waals surface area contributed by atoms with Crippen molar-refractivity contribution in [2.75, 3.05) is 13.7 Å². The molecule has 1 fully saturated rings. The molecule has 5 nitrogen and oxygen atoms in total. The quantitative estimate of drug-likeness (QED) is 0.917. The molecule has 2 aromatic rings. The molecule has 130 valence electrons. The molecule has 0 bridgehead atoms. The lowest BCUT2D eigenvalue weighted by atomic mass is 9.88. The number of carbonyl (C=O) groups is 1. The number of aromatic nitrogens is 2. The number of hydrogen-bond acceptors (Lipinski definition) is 3. The Bertz CT molecular complexity index is 704. The summed E-state index contributed by atoms with van der Waals surface area (Å²) in [6, 6.07) is 7.87. The number of fused-ring (bicyclic) bond motifs is 1. The molecule has 1 atom stereocenters. The Balaban J connectivity index is 1.94. The van der Waals surface area contributed by atoms with Crippen LogP contribution in [0.25, 0.3) is 11.0 Å². The molecule has 0 radical (unpaired) electrons. The first kappa shape index (κ1) is 17.0. The number of para-hydroxylation sites is 2. The number of aliphatic hydroxyl groups is 1. The third-order valence-electron chi connectivity index (χ3n) is 5.27. The van der Waals surface area contributed by atoms with Crippen LogP contribution in [0.4, 0.5) is 0 Å². The lowest BCUT2D eigenvalue weighted by Gasteiger charge is -2.26. The van der Waals surface area contributed by atoms with Gasteiger partial charge in [-0.3, -0.25) is 4.79 Å². The summed E-state index contributed by atoms with van der Waals surface area (Å²) in [5, 5.41) is 9.30. The molecule has 5 heteroatoms. The molecule has 3 rings (SSSR count). The molecule has 1 saturated carbocycles. The Morgan fingerprint density at radius 3 is 2.75 bits per heavy atom. The van der Waals surface area contributed by atoms with Gasteiger partial charge in [0.05, 0.1) is 23.7 Å². The standard InChI is InChI=1S/C19H27N3O2/c1-14(13-23)21(2)18(24)12-22-17-11-7-6-10-16(17)20-19(22)15-8-4-3-5-9-15/h6-7,10-11,14-15,23H,3-5,8-9,12-13H2,1-2H3. The van der Waals surface area contributed by atoms with E-state index in [1.54, 1.807) is 11.9 Å². The Hall–Kier alpha value is -1.88. The second-order valence-electron chi connectivity index (χ2n) is 6.92. The minimum Gasteiger partial charge on any atom is -0.394 e. The van der Waals surface area contributed by atoms with Gasteiger partial charge >= 0.3 is 0 Å². The van der Waals surface area contributed by atoms with E-state index < -0.39 is 0 Å². The maximum absolute atomic E-state index is 12.7. The summed E-state index contributed by atoms with van der Waals surface area (Å²) in [7, 11) is 1.75. The van der Waals surface area contributed by atoms with Crippen molar-refractivity contribution in [2.24, 2.45) is 0 Å². The van der Waals surface area contributed by atoms with Gasteiger partial charge in [0.2, 0.25) is 5.91 Å². The van der Waals surface area contributed by atoms with Gasteiger partial charge in [0.15, 0.2) is 0 Å². The third-order valence-corrected chi connectivity index (χ3v) is 5.27. The number of carbonyl (C=O) groups excluding carboxylic acids is 1. The predicted molar refractivity (Wildman–Crippen MR) is 94.9 cm³/mol. The van der Waals surface area contributed by atoms with Crippen LogP contribution in [0.5, 0.6) is 0 Å². The minimum atomic E-state index is -0.176. The van der Waals surface area contributed by atoms with Crippen molar-refractivity contribution >= 4 is 16.9 Å². The largest absolute Gasteiger partial charge is 0.394 e. The van der Waals surface area contributed by atoms with E-state index in [1.165, 1.54) is 19.3 Å². The number of aliphatic hydroxyl groups excluding tert-OH is 1. The average molecular weight is 329 g/mol. The van der Waals surface area contributed by atoms with Crippen molar-refractivity contribution in [2.45, 2.75) is 57.5 Å². The van der Waals surface area contributed by atoms with Crippen LogP contribution in [-0.4, -0.2) is 45.2 Å². The van der Waals surface area contributed by atoms with Crippen LogP contribution in [0.2, 0.25) is 0 Å². The average Bonchev–Trinajstić information content (AvgIpc) is 2.99. The Morgan fingerprint density at radius 1 is 1.33 bits per heavy atom. The van der Waals surface area contributed by atoms with Crippen LogP contribution in [-0.2, 0) is 11.3 Å². The van der Waals surface area contributed by atoms with Crippen LogP contribution in [0, 0.1) is 0 Å². The van der Waals surface area contributed by atoms with Crippen molar-refractivity contribution in [1.29, 1.82) is 0 Å². The first-order chi connectivity index (χ1) is 11.6. The Morgan fingerprint density at radius 2 is 2.04 bits per heavy atom. The molecule has 0 spiro atoms. The summed E-state index contributed by atoms with van der Waals surface area (Å²) in [6.45, 7) is 2.11. The first-order valence-corrected chi connectivity index (χ1v) is 8.93. The number of imidazole rings is 1. The molecule has 1 aromatic heterocycles. The summed E-state index contributed by atoms with van der Waals surface area (Å²) in [6.07, 6.45) is 6.08. The van der Waals surface area contributed by atoms with Gasteiger partial charge in [0, 0.05) is 13.0 Å². The Kier molecular flexibility index (Phi) is 5.19. The van der Waals surface area contributed by atoms with Gasteiger partial charge in [-0.2, -0.15) is 0 Å². The van der Waals surface area contributed by atoms with Gasteiger partial charge < -0.3 is 14.6 Å². The van der Waals surface area contributed by atoms with Gasteiger partial charge in [-0.15, -0.1) is 0 Å². The van der Waals surface area contributed by atoms with E-state index in [0.29, 0.717) is 5.92 Å². The van der Waals surface area contributed by atoms with Crippen LogP contribution < -0.4 is 0 Å². The monoisotopic (exact) mass is 329 g/mol. The van der Waals surface area contributed by atoms with Crippen molar-refractivity contribution in [1.82, 2.24) is 14.5 Å². The number of likely N-dealkylation sites (N-methyl/N-ethyl adjacent to an activating group) is 1. The maximum atomic E-state index is 12.7. The smallest absolute Gasteiger partial charge is 0.242 e. The molecule has 0 saturated heterocycles. The van der Waals surface area contributed by atoms with E-state index in [0.717, 1.165) is 29.7 Å². The molecule has 24 heavy (non-hydrogen) atoms. The Labute approximate surface area is 143 Å². The fourth-order valence-electron chi connectivity index (χ4n) is 3.55. The molecule has 1 heterocycles. The summed E-state index contributed by atoms with van der Waals surface area (Å²) in [5.41, 5.74) is 1.99. The lowest BCUT2D eigenvalue weighted by Crippen LogP contribution is -2.39. The number of benzene rings is 1.